The summed E-state index contributed by atoms with van der Waals surface area (Å²) in [5.41, 5.74) is 0.723. The number of amides is 1. The SMILES string of the molecule is CC(C)N(C(=O)c1ccncc1)C1CCNC1. The number of hydrogen-bond acceptors (Lipinski definition) is 3. The molecule has 1 aromatic rings. The van der Waals surface area contributed by atoms with Crippen molar-refractivity contribution in [2.75, 3.05) is 13.1 Å². The van der Waals surface area contributed by atoms with Crippen LogP contribution in [0.4, 0.5) is 0 Å². The molecular formula is C13H19N3O. The Hall–Kier alpha value is -1.42. The monoisotopic (exact) mass is 233 g/mol. The smallest absolute Gasteiger partial charge is 0.254 e. The molecule has 2 heterocycles. The summed E-state index contributed by atoms with van der Waals surface area (Å²) >= 11 is 0. The largest absolute Gasteiger partial charge is 0.332 e. The first-order chi connectivity index (χ1) is 8.20. The highest BCUT2D eigenvalue weighted by atomic mass is 16.2. The Balaban J connectivity index is 2.19. The van der Waals surface area contributed by atoms with Gasteiger partial charge in [-0.15, -0.1) is 0 Å². The van der Waals surface area contributed by atoms with Crippen molar-refractivity contribution in [1.82, 2.24) is 15.2 Å². The Kier molecular flexibility index (Phi) is 3.74. The van der Waals surface area contributed by atoms with Gasteiger partial charge in [0.25, 0.3) is 5.91 Å². The summed E-state index contributed by atoms with van der Waals surface area (Å²) in [4.78, 5) is 18.4. The van der Waals surface area contributed by atoms with Gasteiger partial charge < -0.3 is 10.2 Å². The van der Waals surface area contributed by atoms with E-state index in [4.69, 9.17) is 0 Å². The molecule has 0 radical (unpaired) electrons. The van der Waals surface area contributed by atoms with Crippen LogP contribution in [0, 0.1) is 0 Å². The van der Waals surface area contributed by atoms with Gasteiger partial charge in [-0.1, -0.05) is 0 Å². The van der Waals surface area contributed by atoms with Crippen LogP contribution < -0.4 is 5.32 Å². The van der Waals surface area contributed by atoms with E-state index in [0.717, 1.165) is 25.1 Å². The fourth-order valence-electron chi connectivity index (χ4n) is 2.34. The van der Waals surface area contributed by atoms with Crippen LogP contribution in [-0.2, 0) is 0 Å². The minimum Gasteiger partial charge on any atom is -0.332 e. The summed E-state index contributed by atoms with van der Waals surface area (Å²) in [5.74, 6) is 0.108. The Labute approximate surface area is 102 Å². The fraction of sp³-hybridized carbons (Fsp3) is 0.538. The van der Waals surface area contributed by atoms with E-state index in [1.165, 1.54) is 0 Å². The van der Waals surface area contributed by atoms with Crippen LogP contribution in [0.2, 0.25) is 0 Å². The molecule has 17 heavy (non-hydrogen) atoms. The van der Waals surface area contributed by atoms with E-state index < -0.39 is 0 Å². The summed E-state index contributed by atoms with van der Waals surface area (Å²) in [6, 6.07) is 4.09. The summed E-state index contributed by atoms with van der Waals surface area (Å²) in [6.07, 6.45) is 4.37. The molecule has 92 valence electrons. The number of nitrogens with one attached hydrogen (secondary N) is 1. The lowest BCUT2D eigenvalue weighted by molar-refractivity contribution is 0.0626. The third-order valence-electron chi connectivity index (χ3n) is 3.15. The van der Waals surface area contributed by atoms with E-state index in [1.54, 1.807) is 24.5 Å². The molecule has 4 heteroatoms. The maximum Gasteiger partial charge on any atom is 0.254 e. The molecule has 4 nitrogen and oxygen atoms in total. The average Bonchev–Trinajstić information content (AvgIpc) is 2.83. The second kappa shape index (κ2) is 5.27. The molecule has 0 saturated carbocycles. The van der Waals surface area contributed by atoms with Gasteiger partial charge in [0.2, 0.25) is 0 Å². The number of rotatable bonds is 3. The highest BCUT2D eigenvalue weighted by Crippen LogP contribution is 2.16. The fourth-order valence-corrected chi connectivity index (χ4v) is 2.34. The van der Waals surface area contributed by atoms with Gasteiger partial charge in [0.1, 0.15) is 0 Å². The number of hydrogen-bond donors (Lipinski definition) is 1. The molecule has 0 aliphatic carbocycles. The van der Waals surface area contributed by atoms with Crippen molar-refractivity contribution in [1.29, 1.82) is 0 Å². The van der Waals surface area contributed by atoms with E-state index >= 15 is 0 Å². The number of carbonyl (C=O) groups is 1. The second-order valence-electron chi connectivity index (χ2n) is 4.69. The molecule has 0 spiro atoms. The normalized spacial score (nSPS) is 19.6. The number of aromatic nitrogens is 1. The molecule has 0 aromatic carbocycles. The molecule has 1 aliphatic rings. The third kappa shape index (κ3) is 2.64. The lowest BCUT2D eigenvalue weighted by Crippen LogP contribution is -2.45. The quantitative estimate of drug-likeness (QED) is 0.855. The van der Waals surface area contributed by atoms with Crippen LogP contribution in [0.15, 0.2) is 24.5 Å². The van der Waals surface area contributed by atoms with Crippen LogP contribution in [-0.4, -0.2) is 41.0 Å². The van der Waals surface area contributed by atoms with Crippen LogP contribution >= 0.6 is 0 Å². The molecular weight excluding hydrogens is 214 g/mol. The standard InChI is InChI=1S/C13H19N3O/c1-10(2)16(12-5-8-15-9-12)13(17)11-3-6-14-7-4-11/h3-4,6-7,10,12,15H,5,8-9H2,1-2H3. The lowest BCUT2D eigenvalue weighted by Gasteiger charge is -2.32. The molecule has 2 rings (SSSR count). The van der Waals surface area contributed by atoms with Crippen LogP contribution in [0.1, 0.15) is 30.6 Å². The zero-order chi connectivity index (χ0) is 12.3. The van der Waals surface area contributed by atoms with Crippen molar-refractivity contribution in [2.45, 2.75) is 32.4 Å². The zero-order valence-electron chi connectivity index (χ0n) is 10.4. The molecule has 0 bridgehead atoms. The van der Waals surface area contributed by atoms with Crippen molar-refractivity contribution in [3.8, 4) is 0 Å². The van der Waals surface area contributed by atoms with Gasteiger partial charge in [0.05, 0.1) is 0 Å². The maximum atomic E-state index is 12.4. The number of nitrogens with zero attached hydrogens (tertiary/aromatic N) is 2. The zero-order valence-corrected chi connectivity index (χ0v) is 10.4. The number of carbonyl (C=O) groups excluding carboxylic acids is 1. The highest BCUT2D eigenvalue weighted by molar-refractivity contribution is 5.94. The van der Waals surface area contributed by atoms with Crippen LogP contribution in [0.5, 0.6) is 0 Å². The first kappa shape index (κ1) is 12.0. The summed E-state index contributed by atoms with van der Waals surface area (Å²) < 4.78 is 0. The summed E-state index contributed by atoms with van der Waals surface area (Å²) in [7, 11) is 0. The van der Waals surface area contributed by atoms with Crippen molar-refractivity contribution in [3.05, 3.63) is 30.1 Å². The summed E-state index contributed by atoms with van der Waals surface area (Å²) in [6.45, 7) is 6.03. The molecule has 1 aliphatic heterocycles. The van der Waals surface area contributed by atoms with Gasteiger partial charge in [0, 0.05) is 36.6 Å². The molecule has 1 amide bonds. The van der Waals surface area contributed by atoms with Crippen molar-refractivity contribution in [2.24, 2.45) is 0 Å². The maximum absolute atomic E-state index is 12.4. The first-order valence-electron chi connectivity index (χ1n) is 6.13. The van der Waals surface area contributed by atoms with E-state index in [1.807, 2.05) is 4.90 Å². The average molecular weight is 233 g/mol. The van der Waals surface area contributed by atoms with Gasteiger partial charge in [-0.05, 0) is 38.9 Å². The molecule has 1 fully saturated rings. The third-order valence-corrected chi connectivity index (χ3v) is 3.15. The first-order valence-corrected chi connectivity index (χ1v) is 6.13. The molecule has 1 saturated heterocycles. The van der Waals surface area contributed by atoms with E-state index in [9.17, 15) is 4.79 Å². The topological polar surface area (TPSA) is 45.2 Å². The van der Waals surface area contributed by atoms with Crippen molar-refractivity contribution in [3.63, 3.8) is 0 Å². The van der Waals surface area contributed by atoms with E-state index in [0.29, 0.717) is 6.04 Å². The van der Waals surface area contributed by atoms with Gasteiger partial charge >= 0.3 is 0 Å². The Bertz CT molecular complexity index is 372. The Morgan fingerprint density at radius 1 is 1.47 bits per heavy atom. The number of pyridine rings is 1. The highest BCUT2D eigenvalue weighted by Gasteiger charge is 2.29. The molecule has 1 atom stereocenters. The summed E-state index contributed by atoms with van der Waals surface area (Å²) in [5, 5.41) is 3.31. The second-order valence-corrected chi connectivity index (χ2v) is 4.69. The predicted octanol–water partition coefficient (Wildman–Crippen LogP) is 1.29. The van der Waals surface area contributed by atoms with Gasteiger partial charge in [0.15, 0.2) is 0 Å². The van der Waals surface area contributed by atoms with Gasteiger partial charge in [-0.3, -0.25) is 9.78 Å². The molecule has 1 aromatic heterocycles. The molecule has 1 unspecified atom stereocenters. The lowest BCUT2D eigenvalue weighted by atomic mass is 10.1. The minimum absolute atomic E-state index is 0.108. The van der Waals surface area contributed by atoms with E-state index in [-0.39, 0.29) is 11.9 Å². The van der Waals surface area contributed by atoms with E-state index in [2.05, 4.69) is 24.1 Å². The Morgan fingerprint density at radius 3 is 2.71 bits per heavy atom. The van der Waals surface area contributed by atoms with Gasteiger partial charge in [-0.2, -0.15) is 0 Å². The minimum atomic E-state index is 0.108. The predicted molar refractivity (Wildman–Crippen MR) is 66.8 cm³/mol. The van der Waals surface area contributed by atoms with Crippen molar-refractivity contribution >= 4 is 5.91 Å². The van der Waals surface area contributed by atoms with Gasteiger partial charge in [-0.25, -0.2) is 0 Å². The van der Waals surface area contributed by atoms with Crippen LogP contribution in [0.25, 0.3) is 0 Å². The van der Waals surface area contributed by atoms with Crippen molar-refractivity contribution < 1.29 is 4.79 Å². The van der Waals surface area contributed by atoms with Crippen LogP contribution in [0.3, 0.4) is 0 Å². The Morgan fingerprint density at radius 2 is 2.18 bits per heavy atom. The molecule has 1 N–H and O–H groups in total.